The Morgan fingerprint density at radius 2 is 0.828 bits per heavy atom. The summed E-state index contributed by atoms with van der Waals surface area (Å²) in [5, 5.41) is 23.2. The normalized spacial score (nSPS) is 26.1. The van der Waals surface area contributed by atoms with Crippen molar-refractivity contribution >= 4 is 0 Å². The fraction of sp³-hybridized carbons (Fsp3) is 0.786. The molecule has 2 aromatic rings. The van der Waals surface area contributed by atoms with Gasteiger partial charge in [-0.3, -0.25) is 9.80 Å². The molecule has 2 saturated heterocycles. The summed E-state index contributed by atoms with van der Waals surface area (Å²) in [4.78, 5) is 5.42. The summed E-state index contributed by atoms with van der Waals surface area (Å²) in [5.41, 5.74) is 6.58. The minimum atomic E-state index is 0.0154. The highest BCUT2D eigenvalue weighted by atomic mass is 15.2. The molecule has 8 nitrogen and oxygen atoms in total. The summed E-state index contributed by atoms with van der Waals surface area (Å²) >= 11 is 0. The topological polar surface area (TPSA) is 78.7 Å². The Kier molecular flexibility index (Phi) is 19.2. The maximum atomic E-state index is 3.90. The predicted octanol–water partition coefficient (Wildman–Crippen LogP) is 9.79. The molecule has 0 radical (unpaired) electrons. The van der Waals surface area contributed by atoms with Gasteiger partial charge >= 0.3 is 0 Å². The first-order valence-electron chi connectivity index (χ1n) is 25.5. The zero-order valence-corrected chi connectivity index (χ0v) is 44.8. The Hall–Kier alpha value is -1.88. The summed E-state index contributed by atoms with van der Waals surface area (Å²) in [7, 11) is 0. The van der Waals surface area contributed by atoms with E-state index < -0.39 is 0 Å². The minimum absolute atomic E-state index is 0.0154. The molecule has 0 saturated carbocycles. The van der Waals surface area contributed by atoms with E-state index in [-0.39, 0.29) is 43.8 Å². The highest BCUT2D eigenvalue weighted by Gasteiger charge is 2.36. The third-order valence-electron chi connectivity index (χ3n) is 14.1. The van der Waals surface area contributed by atoms with Crippen LogP contribution in [0.1, 0.15) is 172 Å². The van der Waals surface area contributed by atoms with Gasteiger partial charge in [-0.2, -0.15) is 0 Å². The van der Waals surface area contributed by atoms with Gasteiger partial charge in [-0.1, -0.05) is 111 Å². The van der Waals surface area contributed by atoms with Gasteiger partial charge in [0.2, 0.25) is 0 Å². The average Bonchev–Trinajstić information content (AvgIpc) is 3.14. The smallest absolute Gasteiger partial charge is 0.0239 e. The molecule has 1 atom stereocenters. The van der Waals surface area contributed by atoms with E-state index in [1.165, 1.54) is 28.7 Å². The molecule has 64 heavy (non-hydrogen) atoms. The molecule has 2 aliphatic heterocycles. The van der Waals surface area contributed by atoms with E-state index in [1.54, 1.807) is 0 Å². The van der Waals surface area contributed by atoms with Crippen molar-refractivity contribution in [3.8, 4) is 0 Å². The first-order valence-corrected chi connectivity index (χ1v) is 25.5. The number of benzene rings is 2. The Labute approximate surface area is 395 Å². The molecule has 366 valence electrons. The number of hydrogen-bond donors (Lipinski definition) is 6. The first kappa shape index (κ1) is 54.7. The summed E-state index contributed by atoms with van der Waals surface area (Å²) in [6, 6.07) is 19.1. The molecule has 6 N–H and O–H groups in total. The van der Waals surface area contributed by atoms with Crippen molar-refractivity contribution < 1.29 is 0 Å². The van der Waals surface area contributed by atoms with Gasteiger partial charge in [-0.15, -0.1) is 0 Å². The fourth-order valence-electron chi connectivity index (χ4n) is 12.2. The number of nitrogens with zero attached hydrogens (tertiary/aromatic N) is 2. The maximum absolute atomic E-state index is 3.90. The van der Waals surface area contributed by atoms with Crippen LogP contribution in [0, 0.1) is 21.7 Å². The van der Waals surface area contributed by atoms with Gasteiger partial charge in [0.05, 0.1) is 0 Å². The minimum Gasteiger partial charge on any atom is -0.315 e. The summed E-state index contributed by atoms with van der Waals surface area (Å²) < 4.78 is 0. The van der Waals surface area contributed by atoms with Gasteiger partial charge in [0, 0.05) is 120 Å². The van der Waals surface area contributed by atoms with E-state index in [4.69, 9.17) is 0 Å². The van der Waals surface area contributed by atoms with Crippen molar-refractivity contribution in [1.29, 1.82) is 0 Å². The quantitative estimate of drug-likeness (QED) is 0.171. The summed E-state index contributed by atoms with van der Waals surface area (Å²) in [5.74, 6) is 0.325. The Morgan fingerprint density at radius 1 is 0.438 bits per heavy atom. The molecular weight excluding hydrogens is 785 g/mol. The largest absolute Gasteiger partial charge is 0.315 e. The molecule has 0 spiro atoms. The second kappa shape index (κ2) is 22.5. The number of nitrogens with one attached hydrogen (secondary N) is 6. The first-order chi connectivity index (χ1) is 29.5. The van der Waals surface area contributed by atoms with Crippen LogP contribution in [0.2, 0.25) is 0 Å². The molecule has 8 heteroatoms. The maximum Gasteiger partial charge on any atom is 0.0239 e. The molecule has 0 bridgehead atoms. The molecule has 1 unspecified atom stereocenters. The Balaban J connectivity index is 1.44. The zero-order chi connectivity index (χ0) is 47.7. The molecule has 0 aromatic heterocycles. The van der Waals surface area contributed by atoms with Crippen LogP contribution in [-0.2, 0) is 13.1 Å². The second-order valence-electron chi connectivity index (χ2n) is 26.5. The van der Waals surface area contributed by atoms with Gasteiger partial charge in [0.1, 0.15) is 0 Å². The van der Waals surface area contributed by atoms with Crippen molar-refractivity contribution in [3.05, 3.63) is 70.8 Å². The SMILES string of the molecule is CC(c1ccc(CN2CCNCC(C)(C)CC(C)(C)CNCCNC(C)(C)CC(C)(C)C2)cc1)c1ccc(CN2CCNCC(C)(C)CC(C)(C)NCCNC(C)(C)CC2(C)C)cc1. The zero-order valence-electron chi connectivity index (χ0n) is 44.8. The lowest BCUT2D eigenvalue weighted by molar-refractivity contribution is 0.0766. The van der Waals surface area contributed by atoms with Crippen molar-refractivity contribution in [1.82, 2.24) is 41.7 Å². The van der Waals surface area contributed by atoms with Crippen LogP contribution >= 0.6 is 0 Å². The van der Waals surface area contributed by atoms with Crippen molar-refractivity contribution in [2.24, 2.45) is 21.7 Å². The van der Waals surface area contributed by atoms with Crippen LogP contribution in [0.3, 0.4) is 0 Å². The van der Waals surface area contributed by atoms with Gasteiger partial charge < -0.3 is 31.9 Å². The standard InChI is InChI=1S/C56H102N8/c1-44(48-24-20-46(21-25-48)35-64-33-31-59-42-51(6,7)37-53(10,11)61-28-29-62-55(14,15)39-56(64,16)17)47-22-18-45(19-23-47)34-63-32-30-58-41-50(4,5)36-49(2,3)40-57-26-27-60-54(12,13)38-52(8,9)43-63/h18-25,44,57-62H,26-43H2,1-17H3. The Morgan fingerprint density at radius 3 is 1.33 bits per heavy atom. The lowest BCUT2D eigenvalue weighted by Crippen LogP contribution is -2.54. The van der Waals surface area contributed by atoms with E-state index in [0.717, 1.165) is 111 Å². The van der Waals surface area contributed by atoms with Crippen molar-refractivity contribution in [2.75, 3.05) is 78.5 Å². The van der Waals surface area contributed by atoms with Gasteiger partial charge in [0.25, 0.3) is 0 Å². The van der Waals surface area contributed by atoms with Crippen LogP contribution < -0.4 is 31.9 Å². The fourth-order valence-corrected chi connectivity index (χ4v) is 12.2. The highest BCUT2D eigenvalue weighted by molar-refractivity contribution is 5.35. The second-order valence-corrected chi connectivity index (χ2v) is 26.5. The van der Waals surface area contributed by atoms with E-state index in [1.807, 2.05) is 0 Å². The molecular formula is C56H102N8. The third-order valence-corrected chi connectivity index (χ3v) is 14.1. The molecule has 2 aliphatic rings. The van der Waals surface area contributed by atoms with E-state index in [0.29, 0.717) is 5.92 Å². The van der Waals surface area contributed by atoms with Gasteiger partial charge in [0.15, 0.2) is 0 Å². The van der Waals surface area contributed by atoms with Crippen LogP contribution in [0.25, 0.3) is 0 Å². The van der Waals surface area contributed by atoms with Gasteiger partial charge in [-0.05, 0) is 125 Å². The summed E-state index contributed by atoms with van der Waals surface area (Å²) in [6.07, 6.45) is 4.50. The third kappa shape index (κ3) is 19.4. The van der Waals surface area contributed by atoms with E-state index in [2.05, 4.69) is 208 Å². The monoisotopic (exact) mass is 887 g/mol. The van der Waals surface area contributed by atoms with Crippen LogP contribution in [0.4, 0.5) is 0 Å². The molecule has 0 aliphatic carbocycles. The van der Waals surface area contributed by atoms with Crippen molar-refractivity contribution in [2.45, 2.75) is 185 Å². The number of rotatable bonds is 6. The average molecular weight is 887 g/mol. The molecule has 2 aromatic carbocycles. The highest BCUT2D eigenvalue weighted by Crippen LogP contribution is 2.34. The lowest BCUT2D eigenvalue weighted by atomic mass is 9.75. The number of hydrogen-bond acceptors (Lipinski definition) is 8. The van der Waals surface area contributed by atoms with Crippen LogP contribution in [-0.4, -0.2) is 110 Å². The van der Waals surface area contributed by atoms with Gasteiger partial charge in [-0.25, -0.2) is 0 Å². The molecule has 4 rings (SSSR count). The van der Waals surface area contributed by atoms with E-state index >= 15 is 0 Å². The lowest BCUT2D eigenvalue weighted by Gasteiger charge is -2.44. The predicted molar refractivity (Wildman–Crippen MR) is 279 cm³/mol. The Bertz CT molecular complexity index is 1670. The van der Waals surface area contributed by atoms with Crippen molar-refractivity contribution in [3.63, 3.8) is 0 Å². The van der Waals surface area contributed by atoms with E-state index in [9.17, 15) is 0 Å². The molecule has 2 fully saturated rings. The van der Waals surface area contributed by atoms with Crippen LogP contribution in [0.15, 0.2) is 48.5 Å². The molecule has 2 heterocycles. The molecule has 0 amide bonds. The van der Waals surface area contributed by atoms with Crippen LogP contribution in [0.5, 0.6) is 0 Å². The summed E-state index contributed by atoms with van der Waals surface area (Å²) in [6.45, 7) is 54.9.